The van der Waals surface area contributed by atoms with Gasteiger partial charge in [-0.15, -0.1) is 0 Å². The molecule has 1 amide bonds. The maximum atomic E-state index is 11.2. The number of benzene rings is 1. The van der Waals surface area contributed by atoms with Crippen molar-refractivity contribution in [2.24, 2.45) is 5.10 Å². The number of hydrogen-bond donors (Lipinski definition) is 1. The van der Waals surface area contributed by atoms with Crippen LogP contribution in [0.2, 0.25) is 0 Å². The minimum atomic E-state index is -0.479. The van der Waals surface area contributed by atoms with E-state index in [-0.39, 0.29) is 13.0 Å². The fraction of sp³-hybridized carbons (Fsp3) is 0.286. The standard InChI is InChI=1S/C14H14BrN3O4/c1-2-21-14(20)9-22-12-4-3-10(7-11(12)15)8-17-18-13(19)5-6-16/h3-4,7-8H,2,5,9H2,1H3,(H,18,19). The predicted molar refractivity (Wildman–Crippen MR) is 82.2 cm³/mol. The number of nitrogens with zero attached hydrogens (tertiary/aromatic N) is 2. The fourth-order valence-electron chi connectivity index (χ4n) is 1.34. The summed E-state index contributed by atoms with van der Waals surface area (Å²) in [6.07, 6.45) is 1.18. The molecule has 0 saturated carbocycles. The molecule has 0 fully saturated rings. The number of esters is 1. The van der Waals surface area contributed by atoms with Crippen molar-refractivity contribution in [3.63, 3.8) is 0 Å². The zero-order chi connectivity index (χ0) is 16.4. The molecule has 0 aliphatic rings. The zero-order valence-electron chi connectivity index (χ0n) is 11.8. The van der Waals surface area contributed by atoms with Crippen LogP contribution < -0.4 is 10.2 Å². The van der Waals surface area contributed by atoms with Gasteiger partial charge in [0, 0.05) is 0 Å². The molecule has 0 atom stereocenters. The zero-order valence-corrected chi connectivity index (χ0v) is 13.4. The van der Waals surface area contributed by atoms with Gasteiger partial charge in [-0.1, -0.05) is 0 Å². The number of hydrazone groups is 1. The van der Waals surface area contributed by atoms with E-state index in [0.29, 0.717) is 22.4 Å². The maximum Gasteiger partial charge on any atom is 0.344 e. The molecule has 0 aliphatic carbocycles. The Morgan fingerprint density at radius 3 is 2.91 bits per heavy atom. The van der Waals surface area contributed by atoms with Crippen molar-refractivity contribution in [3.05, 3.63) is 28.2 Å². The van der Waals surface area contributed by atoms with Crippen LogP contribution in [-0.4, -0.2) is 31.3 Å². The van der Waals surface area contributed by atoms with Gasteiger partial charge in [0.15, 0.2) is 6.61 Å². The van der Waals surface area contributed by atoms with Gasteiger partial charge < -0.3 is 9.47 Å². The molecule has 0 saturated heterocycles. The molecule has 1 aromatic carbocycles. The predicted octanol–water partition coefficient (Wildman–Crippen LogP) is 1.75. The van der Waals surface area contributed by atoms with Gasteiger partial charge in [0.2, 0.25) is 0 Å². The average Bonchev–Trinajstić information content (AvgIpc) is 2.47. The third-order valence-corrected chi connectivity index (χ3v) is 2.87. The van der Waals surface area contributed by atoms with Crippen molar-refractivity contribution in [2.45, 2.75) is 13.3 Å². The third-order valence-electron chi connectivity index (χ3n) is 2.25. The SMILES string of the molecule is CCOC(=O)COc1ccc(C=NNC(=O)CC#N)cc1Br. The summed E-state index contributed by atoms with van der Waals surface area (Å²) in [5, 5.41) is 12.0. The molecule has 0 radical (unpaired) electrons. The topological polar surface area (TPSA) is 101 Å². The molecule has 0 unspecified atom stereocenters. The molecule has 0 spiro atoms. The Hall–Kier alpha value is -2.40. The van der Waals surface area contributed by atoms with Crippen LogP contribution in [0.4, 0.5) is 0 Å². The number of carbonyl (C=O) groups excluding carboxylic acids is 2. The van der Waals surface area contributed by atoms with Crippen molar-refractivity contribution in [1.29, 1.82) is 5.26 Å². The Morgan fingerprint density at radius 2 is 2.27 bits per heavy atom. The number of amides is 1. The van der Waals surface area contributed by atoms with E-state index < -0.39 is 11.9 Å². The van der Waals surface area contributed by atoms with Gasteiger partial charge in [0.1, 0.15) is 12.2 Å². The van der Waals surface area contributed by atoms with Crippen LogP contribution >= 0.6 is 15.9 Å². The van der Waals surface area contributed by atoms with Crippen molar-refractivity contribution in [3.8, 4) is 11.8 Å². The first-order valence-electron chi connectivity index (χ1n) is 6.33. The van der Waals surface area contributed by atoms with Crippen LogP contribution in [0.15, 0.2) is 27.8 Å². The second-order valence-corrected chi connectivity index (χ2v) is 4.77. The molecule has 1 N–H and O–H groups in total. The van der Waals surface area contributed by atoms with Gasteiger partial charge in [0.25, 0.3) is 5.91 Å². The Kier molecular flexibility index (Phi) is 7.64. The summed E-state index contributed by atoms with van der Waals surface area (Å²) in [4.78, 5) is 22.2. The van der Waals surface area contributed by atoms with E-state index in [1.54, 1.807) is 31.2 Å². The van der Waals surface area contributed by atoms with Gasteiger partial charge in [-0.2, -0.15) is 10.4 Å². The van der Waals surface area contributed by atoms with E-state index in [1.165, 1.54) is 6.21 Å². The van der Waals surface area contributed by atoms with Crippen LogP contribution in [0.5, 0.6) is 5.75 Å². The summed E-state index contributed by atoms with van der Waals surface area (Å²) in [5.41, 5.74) is 2.92. The highest BCUT2D eigenvalue weighted by Gasteiger charge is 2.06. The van der Waals surface area contributed by atoms with E-state index in [0.717, 1.165) is 0 Å². The third kappa shape index (κ3) is 6.37. The molecule has 22 heavy (non-hydrogen) atoms. The molecule has 0 bridgehead atoms. The van der Waals surface area contributed by atoms with E-state index in [2.05, 4.69) is 26.5 Å². The highest BCUT2D eigenvalue weighted by molar-refractivity contribution is 9.10. The fourth-order valence-corrected chi connectivity index (χ4v) is 1.85. The minimum absolute atomic E-state index is 0.176. The van der Waals surface area contributed by atoms with Crippen LogP contribution in [0, 0.1) is 11.3 Å². The van der Waals surface area contributed by atoms with Crippen molar-refractivity contribution in [1.82, 2.24) is 5.43 Å². The van der Waals surface area contributed by atoms with Gasteiger partial charge in [-0.05, 0) is 46.6 Å². The normalized spacial score (nSPS) is 10.0. The van der Waals surface area contributed by atoms with Gasteiger partial charge in [-0.25, -0.2) is 10.2 Å². The Labute approximate surface area is 136 Å². The minimum Gasteiger partial charge on any atom is -0.481 e. The molecule has 0 aliphatic heterocycles. The Balaban J connectivity index is 2.58. The maximum absolute atomic E-state index is 11.2. The first-order chi connectivity index (χ1) is 10.6. The number of nitrogens with one attached hydrogen (secondary N) is 1. The summed E-state index contributed by atoms with van der Waals surface area (Å²) >= 11 is 3.31. The van der Waals surface area contributed by atoms with Crippen LogP contribution in [0.25, 0.3) is 0 Å². The van der Waals surface area contributed by atoms with Gasteiger partial charge in [0.05, 0.1) is 23.4 Å². The average molecular weight is 368 g/mol. The van der Waals surface area contributed by atoms with Crippen LogP contribution in [0.1, 0.15) is 18.9 Å². The number of halogens is 1. The van der Waals surface area contributed by atoms with Crippen molar-refractivity contribution >= 4 is 34.0 Å². The molecule has 116 valence electrons. The Morgan fingerprint density at radius 1 is 1.50 bits per heavy atom. The van der Waals surface area contributed by atoms with Crippen molar-refractivity contribution in [2.75, 3.05) is 13.2 Å². The highest BCUT2D eigenvalue weighted by atomic mass is 79.9. The van der Waals surface area contributed by atoms with Gasteiger partial charge >= 0.3 is 5.97 Å². The summed E-state index contributed by atoms with van der Waals surface area (Å²) < 4.78 is 10.7. The van der Waals surface area contributed by atoms with E-state index in [4.69, 9.17) is 14.7 Å². The lowest BCUT2D eigenvalue weighted by atomic mass is 10.2. The molecular weight excluding hydrogens is 354 g/mol. The molecule has 1 aromatic rings. The lowest BCUT2D eigenvalue weighted by Crippen LogP contribution is -2.16. The molecule has 8 heteroatoms. The van der Waals surface area contributed by atoms with E-state index in [9.17, 15) is 9.59 Å². The lowest BCUT2D eigenvalue weighted by molar-refractivity contribution is -0.145. The quantitative estimate of drug-likeness (QED) is 0.449. The van der Waals surface area contributed by atoms with E-state index >= 15 is 0 Å². The second kappa shape index (κ2) is 9.52. The molecule has 0 heterocycles. The largest absolute Gasteiger partial charge is 0.481 e. The summed E-state index contributed by atoms with van der Waals surface area (Å²) in [6.45, 7) is 1.84. The smallest absolute Gasteiger partial charge is 0.344 e. The number of carbonyl (C=O) groups is 2. The highest BCUT2D eigenvalue weighted by Crippen LogP contribution is 2.25. The monoisotopic (exact) mass is 367 g/mol. The van der Waals surface area contributed by atoms with Gasteiger partial charge in [-0.3, -0.25) is 4.79 Å². The molecule has 7 nitrogen and oxygen atoms in total. The summed E-state index contributed by atoms with van der Waals surface area (Å²) in [7, 11) is 0. The summed E-state index contributed by atoms with van der Waals surface area (Å²) in [6, 6.07) is 6.78. The molecule has 0 aromatic heterocycles. The first kappa shape index (κ1) is 17.7. The molecular formula is C14H14BrN3O4. The molecule has 1 rings (SSSR count). The van der Waals surface area contributed by atoms with E-state index in [1.807, 2.05) is 0 Å². The van der Waals surface area contributed by atoms with Crippen LogP contribution in [-0.2, 0) is 14.3 Å². The Bertz CT molecular complexity index is 611. The number of rotatable bonds is 7. The number of hydrogen-bond acceptors (Lipinski definition) is 6. The summed E-state index contributed by atoms with van der Waals surface area (Å²) in [5.74, 6) is -0.439. The van der Waals surface area contributed by atoms with Crippen LogP contribution in [0.3, 0.4) is 0 Å². The second-order valence-electron chi connectivity index (χ2n) is 3.91. The number of ether oxygens (including phenoxy) is 2. The number of nitriles is 1. The first-order valence-corrected chi connectivity index (χ1v) is 7.13. The lowest BCUT2D eigenvalue weighted by Gasteiger charge is -2.08. The van der Waals surface area contributed by atoms with Crippen molar-refractivity contribution < 1.29 is 19.1 Å².